The SMILES string of the molecule is Cc1ccc(-n2c(N/N=C/c3ccc(N(C)C)cc3)nc3sc4c(c3c2=O)CC(C)(C)OC4)cc1. The fourth-order valence-corrected chi connectivity index (χ4v) is 5.32. The molecule has 35 heavy (non-hydrogen) atoms. The lowest BCUT2D eigenvalue weighted by Crippen LogP contribution is -2.32. The molecule has 1 aliphatic rings. The molecule has 0 unspecified atom stereocenters. The Morgan fingerprint density at radius 1 is 1.14 bits per heavy atom. The smallest absolute Gasteiger partial charge is 0.268 e. The van der Waals surface area contributed by atoms with Crippen LogP contribution in [0.2, 0.25) is 0 Å². The van der Waals surface area contributed by atoms with E-state index in [1.807, 2.05) is 74.4 Å². The highest BCUT2D eigenvalue weighted by molar-refractivity contribution is 7.18. The summed E-state index contributed by atoms with van der Waals surface area (Å²) in [4.78, 5) is 22.6. The molecule has 2 aromatic carbocycles. The standard InChI is InChI=1S/C27H29N5O2S/c1-17-6-10-20(11-7-17)32-25(33)23-21-14-27(2,3)34-16-22(21)35-24(23)29-26(32)30-28-15-18-8-12-19(13-9-18)31(4)5/h6-13,15H,14,16H2,1-5H3,(H,29,30)/b28-15+. The summed E-state index contributed by atoms with van der Waals surface area (Å²) >= 11 is 1.52. The van der Waals surface area contributed by atoms with Crippen molar-refractivity contribution in [3.8, 4) is 5.69 Å². The van der Waals surface area contributed by atoms with Gasteiger partial charge in [-0.2, -0.15) is 5.10 Å². The number of nitrogens with one attached hydrogen (secondary N) is 1. The molecule has 3 heterocycles. The van der Waals surface area contributed by atoms with Crippen LogP contribution in [-0.4, -0.2) is 35.5 Å². The molecule has 0 fully saturated rings. The van der Waals surface area contributed by atoms with Crippen molar-refractivity contribution in [2.45, 2.75) is 39.4 Å². The Bertz CT molecular complexity index is 1460. The average molecular weight is 488 g/mol. The zero-order valence-corrected chi connectivity index (χ0v) is 21.4. The fraction of sp³-hybridized carbons (Fsp3) is 0.296. The van der Waals surface area contributed by atoms with E-state index in [1.165, 1.54) is 11.3 Å². The third-order valence-corrected chi connectivity index (χ3v) is 7.28. The second-order valence-corrected chi connectivity index (χ2v) is 10.8. The van der Waals surface area contributed by atoms with Crippen LogP contribution in [-0.2, 0) is 17.8 Å². The van der Waals surface area contributed by atoms with Crippen LogP contribution in [0.4, 0.5) is 11.6 Å². The molecule has 0 radical (unpaired) electrons. The van der Waals surface area contributed by atoms with Gasteiger partial charge in [0.1, 0.15) is 4.83 Å². The third-order valence-electron chi connectivity index (χ3n) is 6.18. The van der Waals surface area contributed by atoms with E-state index in [0.717, 1.165) is 32.9 Å². The molecule has 0 bridgehead atoms. The van der Waals surface area contributed by atoms with Crippen LogP contribution in [0.15, 0.2) is 58.4 Å². The van der Waals surface area contributed by atoms with Gasteiger partial charge in [0.15, 0.2) is 0 Å². The van der Waals surface area contributed by atoms with Gasteiger partial charge in [-0.05, 0) is 56.2 Å². The van der Waals surface area contributed by atoms with E-state index in [9.17, 15) is 4.79 Å². The van der Waals surface area contributed by atoms with Gasteiger partial charge in [0, 0.05) is 31.1 Å². The minimum Gasteiger partial charge on any atom is -0.378 e. The molecule has 8 heteroatoms. The van der Waals surface area contributed by atoms with Crippen molar-refractivity contribution in [3.63, 3.8) is 0 Å². The van der Waals surface area contributed by atoms with Crippen LogP contribution in [0.1, 0.15) is 35.4 Å². The molecule has 0 spiro atoms. The highest BCUT2D eigenvalue weighted by atomic mass is 32.1. The molecule has 5 rings (SSSR count). The van der Waals surface area contributed by atoms with Crippen LogP contribution >= 0.6 is 11.3 Å². The molecule has 1 N–H and O–H groups in total. The number of thiophene rings is 1. The van der Waals surface area contributed by atoms with Crippen molar-refractivity contribution in [2.75, 3.05) is 24.4 Å². The van der Waals surface area contributed by atoms with Gasteiger partial charge < -0.3 is 9.64 Å². The Balaban J connectivity index is 1.58. The molecule has 0 saturated carbocycles. The molecule has 0 atom stereocenters. The Kier molecular flexibility index (Phi) is 5.94. The van der Waals surface area contributed by atoms with E-state index >= 15 is 0 Å². The van der Waals surface area contributed by atoms with E-state index in [2.05, 4.69) is 24.4 Å². The monoisotopic (exact) mass is 487 g/mol. The van der Waals surface area contributed by atoms with Gasteiger partial charge in [-0.3, -0.25) is 4.79 Å². The first-order valence-electron chi connectivity index (χ1n) is 11.6. The molecule has 1 aliphatic heterocycles. The quantitative estimate of drug-likeness (QED) is 0.313. The van der Waals surface area contributed by atoms with Crippen molar-refractivity contribution in [3.05, 3.63) is 80.5 Å². The van der Waals surface area contributed by atoms with Crippen molar-refractivity contribution >= 4 is 39.4 Å². The van der Waals surface area contributed by atoms with Crippen molar-refractivity contribution in [2.24, 2.45) is 5.10 Å². The maximum Gasteiger partial charge on any atom is 0.268 e. The number of nitrogens with zero attached hydrogens (tertiary/aromatic N) is 4. The number of hydrogen-bond donors (Lipinski definition) is 1. The van der Waals surface area contributed by atoms with Crippen molar-refractivity contribution in [1.82, 2.24) is 9.55 Å². The van der Waals surface area contributed by atoms with Gasteiger partial charge in [0.25, 0.3) is 5.56 Å². The molecule has 0 amide bonds. The fourth-order valence-electron chi connectivity index (χ4n) is 4.22. The van der Waals surface area contributed by atoms with Gasteiger partial charge in [0.2, 0.25) is 5.95 Å². The Hall–Kier alpha value is -3.49. The minimum absolute atomic E-state index is 0.0953. The lowest BCUT2D eigenvalue weighted by Gasteiger charge is -2.29. The summed E-state index contributed by atoms with van der Waals surface area (Å²) in [6.07, 6.45) is 2.41. The van der Waals surface area contributed by atoms with Crippen LogP contribution in [0.3, 0.4) is 0 Å². The molecule has 4 aromatic rings. The number of hydrogen-bond acceptors (Lipinski definition) is 7. The van der Waals surface area contributed by atoms with E-state index in [1.54, 1.807) is 10.8 Å². The number of rotatable bonds is 5. The molecular weight excluding hydrogens is 458 g/mol. The highest BCUT2D eigenvalue weighted by Gasteiger charge is 2.31. The van der Waals surface area contributed by atoms with Gasteiger partial charge in [-0.1, -0.05) is 29.8 Å². The zero-order valence-electron chi connectivity index (χ0n) is 20.6. The molecule has 2 aromatic heterocycles. The van der Waals surface area contributed by atoms with Crippen LogP contribution in [0.25, 0.3) is 15.9 Å². The van der Waals surface area contributed by atoms with Gasteiger partial charge in [-0.15, -0.1) is 11.3 Å². The highest BCUT2D eigenvalue weighted by Crippen LogP contribution is 2.37. The number of hydrazone groups is 1. The predicted octanol–water partition coefficient (Wildman–Crippen LogP) is 5.12. The summed E-state index contributed by atoms with van der Waals surface area (Å²) in [6.45, 7) is 6.63. The molecule has 7 nitrogen and oxygen atoms in total. The predicted molar refractivity (Wildman–Crippen MR) is 145 cm³/mol. The average Bonchev–Trinajstić information content (AvgIpc) is 3.17. The molecular formula is C27H29N5O2S. The summed E-state index contributed by atoms with van der Waals surface area (Å²) < 4.78 is 7.60. The number of benzene rings is 2. The molecule has 180 valence electrons. The Morgan fingerprint density at radius 3 is 2.54 bits per heavy atom. The number of aryl methyl sites for hydroxylation is 1. The van der Waals surface area contributed by atoms with Gasteiger partial charge in [-0.25, -0.2) is 15.0 Å². The zero-order chi connectivity index (χ0) is 24.7. The first-order valence-corrected chi connectivity index (χ1v) is 12.4. The first kappa shape index (κ1) is 23.3. The maximum absolute atomic E-state index is 13.9. The van der Waals surface area contributed by atoms with Crippen molar-refractivity contribution < 1.29 is 4.74 Å². The normalized spacial score (nSPS) is 14.9. The van der Waals surface area contributed by atoms with E-state index in [-0.39, 0.29) is 11.2 Å². The minimum atomic E-state index is -0.314. The van der Waals surface area contributed by atoms with E-state index < -0.39 is 0 Å². The second-order valence-electron chi connectivity index (χ2n) is 9.68. The lowest BCUT2D eigenvalue weighted by molar-refractivity contribution is -0.0379. The largest absolute Gasteiger partial charge is 0.378 e. The first-order chi connectivity index (χ1) is 16.7. The number of aromatic nitrogens is 2. The topological polar surface area (TPSA) is 71.8 Å². The maximum atomic E-state index is 13.9. The van der Waals surface area contributed by atoms with Crippen LogP contribution in [0, 0.1) is 6.92 Å². The van der Waals surface area contributed by atoms with Crippen LogP contribution < -0.4 is 15.9 Å². The van der Waals surface area contributed by atoms with E-state index in [0.29, 0.717) is 29.2 Å². The lowest BCUT2D eigenvalue weighted by atomic mass is 9.94. The Morgan fingerprint density at radius 2 is 1.86 bits per heavy atom. The molecule has 0 saturated heterocycles. The third kappa shape index (κ3) is 4.59. The summed E-state index contributed by atoms with van der Waals surface area (Å²) in [5.41, 5.74) is 7.60. The van der Waals surface area contributed by atoms with Gasteiger partial charge in [0.05, 0.1) is 29.5 Å². The molecule has 0 aliphatic carbocycles. The number of anilines is 2. The van der Waals surface area contributed by atoms with Crippen molar-refractivity contribution in [1.29, 1.82) is 0 Å². The summed E-state index contributed by atoms with van der Waals surface area (Å²) in [7, 11) is 4.01. The second kappa shape index (κ2) is 8.94. The van der Waals surface area contributed by atoms with E-state index in [4.69, 9.17) is 9.72 Å². The number of ether oxygens (including phenoxy) is 1. The van der Waals surface area contributed by atoms with Gasteiger partial charge >= 0.3 is 0 Å². The summed E-state index contributed by atoms with van der Waals surface area (Å²) in [6, 6.07) is 15.9. The number of fused-ring (bicyclic) bond motifs is 3. The van der Waals surface area contributed by atoms with Crippen LogP contribution in [0.5, 0.6) is 0 Å². The Labute approximate surface area is 208 Å². The summed E-state index contributed by atoms with van der Waals surface area (Å²) in [5.74, 6) is 0.381. The summed E-state index contributed by atoms with van der Waals surface area (Å²) in [5, 5.41) is 5.09.